The number of nitrogens with one attached hydrogen (secondary N) is 1. The molecule has 1 heterocycles. The van der Waals surface area contributed by atoms with E-state index in [0.29, 0.717) is 22.6 Å². The van der Waals surface area contributed by atoms with Crippen LogP contribution < -0.4 is 15.8 Å². The molecule has 2 aromatic rings. The van der Waals surface area contributed by atoms with E-state index in [1.807, 2.05) is 26.0 Å². The lowest BCUT2D eigenvalue weighted by molar-refractivity contribution is 0.0915. The van der Waals surface area contributed by atoms with Crippen LogP contribution in [0.3, 0.4) is 0 Å². The van der Waals surface area contributed by atoms with Crippen molar-refractivity contribution in [3.8, 4) is 5.75 Å². The quantitative estimate of drug-likeness (QED) is 0.709. The van der Waals surface area contributed by atoms with Gasteiger partial charge in [-0.25, -0.2) is 0 Å². The number of hydrogen-bond acceptors (Lipinski definition) is 5. The average Bonchev–Trinajstić information content (AvgIpc) is 3.01. The van der Waals surface area contributed by atoms with Gasteiger partial charge in [0, 0.05) is 6.54 Å². The summed E-state index contributed by atoms with van der Waals surface area (Å²) in [5.74, 6) is 0.904. The van der Waals surface area contributed by atoms with Gasteiger partial charge in [0.05, 0.1) is 24.3 Å². The highest BCUT2D eigenvalue weighted by Crippen LogP contribution is 2.20. The molecule has 1 aromatic heterocycles. The second kappa shape index (κ2) is 9.32. The Morgan fingerprint density at radius 3 is 2.75 bits per heavy atom. The van der Waals surface area contributed by atoms with Crippen LogP contribution in [-0.2, 0) is 6.54 Å². The van der Waals surface area contributed by atoms with Gasteiger partial charge in [-0.3, -0.25) is 4.79 Å². The Labute approximate surface area is 147 Å². The van der Waals surface area contributed by atoms with Gasteiger partial charge in [-0.15, -0.1) is 12.4 Å². The fraction of sp³-hybridized carbons (Fsp3) is 0.353. The molecule has 0 saturated carbocycles. The Balaban J connectivity index is 0.00000288. The molecule has 1 unspecified atom stereocenters. The zero-order valence-corrected chi connectivity index (χ0v) is 14.5. The van der Waals surface area contributed by atoms with Crippen LogP contribution in [0.2, 0.25) is 0 Å². The first-order chi connectivity index (χ1) is 11.0. The highest BCUT2D eigenvalue weighted by Gasteiger charge is 2.13. The highest BCUT2D eigenvalue weighted by atomic mass is 35.5. The number of furan rings is 1. The van der Waals surface area contributed by atoms with Gasteiger partial charge in [0.1, 0.15) is 17.8 Å². The fourth-order valence-electron chi connectivity index (χ4n) is 2.08. The summed E-state index contributed by atoms with van der Waals surface area (Å²) in [5.41, 5.74) is 6.50. The topological polar surface area (TPSA) is 97.7 Å². The van der Waals surface area contributed by atoms with E-state index in [9.17, 15) is 9.90 Å². The van der Waals surface area contributed by atoms with Crippen LogP contribution in [0.1, 0.15) is 41.6 Å². The molecule has 6 nitrogen and oxygen atoms in total. The van der Waals surface area contributed by atoms with Gasteiger partial charge in [-0.05, 0) is 37.6 Å². The molecule has 1 aromatic carbocycles. The van der Waals surface area contributed by atoms with Crippen molar-refractivity contribution in [3.05, 3.63) is 53.5 Å². The first-order valence-electron chi connectivity index (χ1n) is 7.50. The number of aliphatic hydroxyl groups excluding tert-OH is 1. The van der Waals surface area contributed by atoms with Gasteiger partial charge in [0.2, 0.25) is 0 Å². The van der Waals surface area contributed by atoms with Gasteiger partial charge in [0.15, 0.2) is 0 Å². The van der Waals surface area contributed by atoms with Crippen LogP contribution >= 0.6 is 12.4 Å². The van der Waals surface area contributed by atoms with E-state index in [1.54, 1.807) is 18.2 Å². The van der Waals surface area contributed by atoms with Gasteiger partial charge in [-0.1, -0.05) is 12.1 Å². The molecule has 0 bridgehead atoms. The van der Waals surface area contributed by atoms with E-state index >= 15 is 0 Å². The van der Waals surface area contributed by atoms with Crippen LogP contribution in [0.15, 0.2) is 41.0 Å². The van der Waals surface area contributed by atoms with E-state index in [0.717, 1.165) is 0 Å². The van der Waals surface area contributed by atoms with Crippen molar-refractivity contribution in [2.75, 3.05) is 6.54 Å². The minimum atomic E-state index is -0.824. The molecule has 7 heteroatoms. The molecule has 1 atom stereocenters. The summed E-state index contributed by atoms with van der Waals surface area (Å²) < 4.78 is 10.7. The van der Waals surface area contributed by atoms with Crippen LogP contribution in [0.4, 0.5) is 0 Å². The first kappa shape index (κ1) is 20.0. The van der Waals surface area contributed by atoms with Crippen molar-refractivity contribution >= 4 is 18.3 Å². The fourth-order valence-corrected chi connectivity index (χ4v) is 2.08. The van der Waals surface area contributed by atoms with Gasteiger partial charge in [-0.2, -0.15) is 0 Å². The van der Waals surface area contributed by atoms with Crippen molar-refractivity contribution in [3.63, 3.8) is 0 Å². The zero-order valence-electron chi connectivity index (χ0n) is 13.7. The molecule has 0 aliphatic heterocycles. The summed E-state index contributed by atoms with van der Waals surface area (Å²) in [6.07, 6.45) is 0.580. The maximum atomic E-state index is 12.0. The standard InChI is InChI=1S/C17H22N2O4.ClH/c1-11(2)23-14-5-3-4-12(6-14)16(20)9-19-17(21)13-7-15(8-18)22-10-13;/h3-7,10-11,16,20H,8-9,18H2,1-2H3,(H,19,21);1H. The van der Waals surface area contributed by atoms with Crippen LogP contribution in [0, 0.1) is 0 Å². The third-order valence-electron chi connectivity index (χ3n) is 3.19. The average molecular weight is 355 g/mol. The normalized spacial score (nSPS) is 11.7. The highest BCUT2D eigenvalue weighted by molar-refractivity contribution is 5.93. The molecule has 0 radical (unpaired) electrons. The largest absolute Gasteiger partial charge is 0.491 e. The molecule has 4 N–H and O–H groups in total. The Morgan fingerprint density at radius 2 is 2.12 bits per heavy atom. The summed E-state index contributed by atoms with van der Waals surface area (Å²) in [6, 6.07) is 8.77. The molecule has 24 heavy (non-hydrogen) atoms. The Kier molecular flexibility index (Phi) is 7.78. The Morgan fingerprint density at radius 1 is 1.38 bits per heavy atom. The summed E-state index contributed by atoms with van der Waals surface area (Å²) >= 11 is 0. The van der Waals surface area contributed by atoms with E-state index in [4.69, 9.17) is 14.9 Å². The van der Waals surface area contributed by atoms with Gasteiger partial charge in [0.25, 0.3) is 5.91 Å². The smallest absolute Gasteiger partial charge is 0.254 e. The van der Waals surface area contributed by atoms with Crippen molar-refractivity contribution in [1.82, 2.24) is 5.32 Å². The number of amides is 1. The molecule has 0 saturated heterocycles. The minimum absolute atomic E-state index is 0. The number of aliphatic hydroxyl groups is 1. The summed E-state index contributed by atoms with van der Waals surface area (Å²) in [6.45, 7) is 4.19. The van der Waals surface area contributed by atoms with Crippen LogP contribution in [0.25, 0.3) is 0 Å². The summed E-state index contributed by atoms with van der Waals surface area (Å²) in [5, 5.41) is 12.9. The van der Waals surface area contributed by atoms with Crippen molar-refractivity contribution in [2.24, 2.45) is 5.73 Å². The molecular formula is C17H23ClN2O4. The number of carbonyl (C=O) groups excluding carboxylic acids is 1. The van der Waals surface area contributed by atoms with Crippen molar-refractivity contribution in [1.29, 1.82) is 0 Å². The van der Waals surface area contributed by atoms with E-state index in [-0.39, 0.29) is 37.5 Å². The lowest BCUT2D eigenvalue weighted by Crippen LogP contribution is -2.28. The molecular weight excluding hydrogens is 332 g/mol. The predicted octanol–water partition coefficient (Wildman–Crippen LogP) is 2.41. The molecule has 0 aliphatic carbocycles. The molecule has 2 rings (SSSR count). The molecule has 0 spiro atoms. The number of ether oxygens (including phenoxy) is 1. The number of halogens is 1. The van der Waals surface area contributed by atoms with E-state index in [2.05, 4.69) is 5.32 Å². The van der Waals surface area contributed by atoms with E-state index < -0.39 is 6.10 Å². The third kappa shape index (κ3) is 5.56. The monoisotopic (exact) mass is 354 g/mol. The molecule has 0 fully saturated rings. The Hall–Kier alpha value is -2.02. The van der Waals surface area contributed by atoms with E-state index in [1.165, 1.54) is 6.26 Å². The number of benzene rings is 1. The predicted molar refractivity (Wildman–Crippen MR) is 93.3 cm³/mol. The van der Waals surface area contributed by atoms with Gasteiger partial charge < -0.3 is 25.3 Å². The molecule has 132 valence electrons. The van der Waals surface area contributed by atoms with Gasteiger partial charge >= 0.3 is 0 Å². The number of carbonyl (C=O) groups is 1. The first-order valence-corrected chi connectivity index (χ1v) is 7.50. The lowest BCUT2D eigenvalue weighted by atomic mass is 10.1. The molecule has 0 aliphatic rings. The summed E-state index contributed by atoms with van der Waals surface area (Å²) in [4.78, 5) is 12.0. The maximum Gasteiger partial charge on any atom is 0.254 e. The number of rotatable bonds is 7. The van der Waals surface area contributed by atoms with Crippen molar-refractivity contribution in [2.45, 2.75) is 32.6 Å². The van der Waals surface area contributed by atoms with Crippen LogP contribution in [0.5, 0.6) is 5.75 Å². The third-order valence-corrected chi connectivity index (χ3v) is 3.19. The SMILES string of the molecule is CC(C)Oc1cccc(C(O)CNC(=O)c2coc(CN)c2)c1.Cl. The number of hydrogen-bond donors (Lipinski definition) is 3. The number of nitrogens with two attached hydrogens (primary N) is 1. The van der Waals surface area contributed by atoms with Crippen molar-refractivity contribution < 1.29 is 19.1 Å². The Bertz CT molecular complexity index is 658. The van der Waals surface area contributed by atoms with Crippen LogP contribution in [-0.4, -0.2) is 23.7 Å². The maximum absolute atomic E-state index is 12.0. The minimum Gasteiger partial charge on any atom is -0.491 e. The zero-order chi connectivity index (χ0) is 16.8. The lowest BCUT2D eigenvalue weighted by Gasteiger charge is -2.15. The summed E-state index contributed by atoms with van der Waals surface area (Å²) in [7, 11) is 0. The molecule has 1 amide bonds. The second-order valence-electron chi connectivity index (χ2n) is 5.47. The second-order valence-corrected chi connectivity index (χ2v) is 5.47.